The van der Waals surface area contributed by atoms with Gasteiger partial charge in [-0.25, -0.2) is 13.6 Å². The van der Waals surface area contributed by atoms with Crippen molar-refractivity contribution in [1.82, 2.24) is 10.2 Å². The fourth-order valence-corrected chi connectivity index (χ4v) is 2.14. The van der Waals surface area contributed by atoms with Crippen molar-refractivity contribution in [2.45, 2.75) is 32.7 Å². The van der Waals surface area contributed by atoms with Crippen LogP contribution in [0.15, 0.2) is 18.2 Å². The minimum atomic E-state index is -0.668. The highest BCUT2D eigenvalue weighted by atomic mass is 19.1. The lowest BCUT2D eigenvalue weighted by atomic mass is 10.0. The largest absolute Gasteiger partial charge is 0.395 e. The number of hydrogen-bond acceptors (Lipinski definition) is 2. The Hall–Kier alpha value is -1.69. The van der Waals surface area contributed by atoms with Crippen molar-refractivity contribution in [3.8, 4) is 0 Å². The quantitative estimate of drug-likeness (QED) is 0.813. The Morgan fingerprint density at radius 1 is 1.38 bits per heavy atom. The molecule has 21 heavy (non-hydrogen) atoms. The summed E-state index contributed by atoms with van der Waals surface area (Å²) < 4.78 is 26.8. The standard InChI is InChI=1S/C15H22F2N2O2/c1-3-5-14(12-7-6-11(16)10-13(12)17)18-15(21)19(4-2)8-9-20/h6-7,10,14,20H,3-5,8-9H2,1-2H3,(H,18,21). The summed E-state index contributed by atoms with van der Waals surface area (Å²) in [5.41, 5.74) is 0.270. The topological polar surface area (TPSA) is 52.6 Å². The Morgan fingerprint density at radius 2 is 2.10 bits per heavy atom. The van der Waals surface area contributed by atoms with Gasteiger partial charge >= 0.3 is 6.03 Å². The van der Waals surface area contributed by atoms with Gasteiger partial charge in [0.25, 0.3) is 0 Å². The Morgan fingerprint density at radius 3 is 2.62 bits per heavy atom. The number of urea groups is 1. The molecule has 1 aromatic carbocycles. The SMILES string of the molecule is CCCC(NC(=O)N(CC)CCO)c1ccc(F)cc1F. The van der Waals surface area contributed by atoms with E-state index in [0.717, 1.165) is 12.5 Å². The van der Waals surface area contributed by atoms with Gasteiger partial charge in [0.05, 0.1) is 12.6 Å². The normalized spacial score (nSPS) is 12.0. The second-order valence-corrected chi connectivity index (χ2v) is 4.76. The summed E-state index contributed by atoms with van der Waals surface area (Å²) in [5.74, 6) is -1.31. The van der Waals surface area contributed by atoms with Crippen molar-refractivity contribution in [1.29, 1.82) is 0 Å². The average molecular weight is 300 g/mol. The molecular formula is C15H22F2N2O2. The van der Waals surface area contributed by atoms with Gasteiger partial charge in [0, 0.05) is 24.7 Å². The first-order chi connectivity index (χ1) is 10.0. The van der Waals surface area contributed by atoms with Crippen LogP contribution < -0.4 is 5.32 Å². The van der Waals surface area contributed by atoms with Gasteiger partial charge < -0.3 is 15.3 Å². The van der Waals surface area contributed by atoms with Gasteiger partial charge in [0.15, 0.2) is 0 Å². The molecule has 0 aliphatic rings. The molecule has 1 rings (SSSR count). The summed E-state index contributed by atoms with van der Waals surface area (Å²) in [7, 11) is 0. The molecule has 0 bridgehead atoms. The van der Waals surface area contributed by atoms with Crippen LogP contribution in [0.2, 0.25) is 0 Å². The maximum Gasteiger partial charge on any atom is 0.317 e. The van der Waals surface area contributed by atoms with Crippen LogP contribution in [0.1, 0.15) is 38.3 Å². The second kappa shape index (κ2) is 8.56. The molecule has 0 radical (unpaired) electrons. The molecular weight excluding hydrogens is 278 g/mol. The van der Waals surface area contributed by atoms with Gasteiger partial charge in [-0.1, -0.05) is 19.4 Å². The number of hydrogen-bond donors (Lipinski definition) is 2. The Labute approximate surface area is 123 Å². The Bertz CT molecular complexity index is 469. The molecule has 1 unspecified atom stereocenters. The summed E-state index contributed by atoms with van der Waals surface area (Å²) >= 11 is 0. The molecule has 6 heteroatoms. The molecule has 0 spiro atoms. The lowest BCUT2D eigenvalue weighted by Gasteiger charge is -2.25. The maximum absolute atomic E-state index is 13.9. The summed E-state index contributed by atoms with van der Waals surface area (Å²) in [5, 5.41) is 11.7. The van der Waals surface area contributed by atoms with Gasteiger partial charge in [0.1, 0.15) is 11.6 Å². The van der Waals surface area contributed by atoms with Crippen molar-refractivity contribution in [2.24, 2.45) is 0 Å². The molecule has 0 aliphatic heterocycles. The zero-order chi connectivity index (χ0) is 15.8. The summed E-state index contributed by atoms with van der Waals surface area (Å²) in [4.78, 5) is 13.5. The van der Waals surface area contributed by atoms with Crippen LogP contribution in [0.25, 0.3) is 0 Å². The summed E-state index contributed by atoms with van der Waals surface area (Å²) in [6.45, 7) is 4.24. The molecule has 0 fully saturated rings. The molecule has 0 aromatic heterocycles. The lowest BCUT2D eigenvalue weighted by Crippen LogP contribution is -2.43. The van der Waals surface area contributed by atoms with Gasteiger partial charge in [-0.15, -0.1) is 0 Å². The molecule has 1 aromatic rings. The van der Waals surface area contributed by atoms with Gasteiger partial charge in [-0.3, -0.25) is 0 Å². The minimum absolute atomic E-state index is 0.134. The number of aliphatic hydroxyl groups excluding tert-OH is 1. The number of aliphatic hydroxyl groups is 1. The van der Waals surface area contributed by atoms with E-state index in [-0.39, 0.29) is 24.7 Å². The van der Waals surface area contributed by atoms with Crippen LogP contribution in [-0.4, -0.2) is 35.7 Å². The second-order valence-electron chi connectivity index (χ2n) is 4.76. The number of amides is 2. The first-order valence-corrected chi connectivity index (χ1v) is 7.14. The van der Waals surface area contributed by atoms with E-state index in [4.69, 9.17) is 5.11 Å². The number of likely N-dealkylation sites (N-methyl/N-ethyl adjacent to an activating group) is 1. The van der Waals surface area contributed by atoms with Gasteiger partial charge in [0.2, 0.25) is 0 Å². The zero-order valence-corrected chi connectivity index (χ0v) is 12.4. The van der Waals surface area contributed by atoms with Crippen LogP contribution in [0.5, 0.6) is 0 Å². The van der Waals surface area contributed by atoms with E-state index in [1.807, 2.05) is 6.92 Å². The highest BCUT2D eigenvalue weighted by Gasteiger charge is 2.20. The molecule has 118 valence electrons. The molecule has 1 atom stereocenters. The third-order valence-corrected chi connectivity index (χ3v) is 3.25. The zero-order valence-electron chi connectivity index (χ0n) is 12.4. The van der Waals surface area contributed by atoms with Crippen molar-refractivity contribution < 1.29 is 18.7 Å². The van der Waals surface area contributed by atoms with E-state index in [9.17, 15) is 13.6 Å². The third kappa shape index (κ3) is 4.97. The fraction of sp³-hybridized carbons (Fsp3) is 0.533. The fourth-order valence-electron chi connectivity index (χ4n) is 2.14. The molecule has 4 nitrogen and oxygen atoms in total. The molecule has 0 saturated heterocycles. The summed E-state index contributed by atoms with van der Waals surface area (Å²) in [6, 6.07) is 2.46. The highest BCUT2D eigenvalue weighted by molar-refractivity contribution is 5.74. The Kier molecular flexibility index (Phi) is 7.08. The van der Waals surface area contributed by atoms with Crippen LogP contribution in [0.3, 0.4) is 0 Å². The van der Waals surface area contributed by atoms with E-state index < -0.39 is 17.7 Å². The van der Waals surface area contributed by atoms with Gasteiger partial charge in [-0.2, -0.15) is 0 Å². The van der Waals surface area contributed by atoms with E-state index >= 15 is 0 Å². The van der Waals surface area contributed by atoms with Crippen LogP contribution in [0.4, 0.5) is 13.6 Å². The van der Waals surface area contributed by atoms with Crippen molar-refractivity contribution in [3.63, 3.8) is 0 Å². The van der Waals surface area contributed by atoms with Crippen LogP contribution in [-0.2, 0) is 0 Å². The van der Waals surface area contributed by atoms with E-state index in [2.05, 4.69) is 5.32 Å². The molecule has 2 amide bonds. The Balaban J connectivity index is 2.88. The predicted octanol–water partition coefficient (Wildman–Crippen LogP) is 2.83. The van der Waals surface area contributed by atoms with Crippen LogP contribution in [0, 0.1) is 11.6 Å². The van der Waals surface area contributed by atoms with E-state index in [0.29, 0.717) is 13.0 Å². The van der Waals surface area contributed by atoms with E-state index in [1.165, 1.54) is 17.0 Å². The number of benzene rings is 1. The van der Waals surface area contributed by atoms with Crippen molar-refractivity contribution in [2.75, 3.05) is 19.7 Å². The smallest absolute Gasteiger partial charge is 0.317 e. The number of rotatable bonds is 7. The number of nitrogens with zero attached hydrogens (tertiary/aromatic N) is 1. The molecule has 0 saturated carbocycles. The number of nitrogens with one attached hydrogen (secondary N) is 1. The number of carbonyl (C=O) groups is 1. The predicted molar refractivity (Wildman–Crippen MR) is 76.9 cm³/mol. The lowest BCUT2D eigenvalue weighted by molar-refractivity contribution is 0.176. The first kappa shape index (κ1) is 17.4. The maximum atomic E-state index is 13.9. The monoisotopic (exact) mass is 300 g/mol. The van der Waals surface area contributed by atoms with Crippen molar-refractivity contribution in [3.05, 3.63) is 35.4 Å². The first-order valence-electron chi connectivity index (χ1n) is 7.14. The average Bonchev–Trinajstić information content (AvgIpc) is 2.44. The molecule has 0 heterocycles. The molecule has 2 N–H and O–H groups in total. The van der Waals surface area contributed by atoms with Gasteiger partial charge in [-0.05, 0) is 19.4 Å². The van der Waals surface area contributed by atoms with Crippen molar-refractivity contribution >= 4 is 6.03 Å². The number of halogens is 2. The highest BCUT2D eigenvalue weighted by Crippen LogP contribution is 2.22. The number of carbonyl (C=O) groups excluding carboxylic acids is 1. The summed E-state index contributed by atoms with van der Waals surface area (Å²) in [6.07, 6.45) is 1.29. The molecule has 0 aliphatic carbocycles. The van der Waals surface area contributed by atoms with Crippen LogP contribution >= 0.6 is 0 Å². The third-order valence-electron chi connectivity index (χ3n) is 3.25. The minimum Gasteiger partial charge on any atom is -0.395 e. The van der Waals surface area contributed by atoms with E-state index in [1.54, 1.807) is 6.92 Å².